The lowest BCUT2D eigenvalue weighted by atomic mass is 10.2. The first kappa shape index (κ1) is 21.4. The Kier molecular flexibility index (Phi) is 6.11. The fourth-order valence-electron chi connectivity index (χ4n) is 2.60. The van der Waals surface area contributed by atoms with Crippen LogP contribution in [0.2, 0.25) is 0 Å². The summed E-state index contributed by atoms with van der Waals surface area (Å²) in [5.74, 6) is -2.44. The maximum atomic E-state index is 13.5. The second kappa shape index (κ2) is 8.57. The van der Waals surface area contributed by atoms with Gasteiger partial charge in [-0.15, -0.1) is 0 Å². The molecular formula is C19H18F2N4O4S. The Balaban J connectivity index is 1.73. The van der Waals surface area contributed by atoms with E-state index in [1.54, 1.807) is 12.1 Å². The van der Waals surface area contributed by atoms with E-state index in [4.69, 9.17) is 4.52 Å². The Morgan fingerprint density at radius 2 is 1.80 bits per heavy atom. The number of nitrogens with zero attached hydrogens (tertiary/aromatic N) is 4. The lowest BCUT2D eigenvalue weighted by molar-refractivity contribution is -0.129. The molecule has 1 heterocycles. The summed E-state index contributed by atoms with van der Waals surface area (Å²) >= 11 is 0. The molecule has 0 saturated carbocycles. The number of likely N-dealkylation sites (N-methyl/N-ethyl adjacent to an activating group) is 1. The average Bonchev–Trinajstić information content (AvgIpc) is 3.16. The summed E-state index contributed by atoms with van der Waals surface area (Å²) in [6.07, 6.45) is 0.867. The largest absolute Gasteiger partial charge is 0.337 e. The van der Waals surface area contributed by atoms with E-state index >= 15 is 0 Å². The van der Waals surface area contributed by atoms with Gasteiger partial charge in [-0.2, -0.15) is 4.98 Å². The molecular weight excluding hydrogens is 418 g/mol. The normalized spacial score (nSPS) is 11.3. The highest BCUT2D eigenvalue weighted by molar-refractivity contribution is 7.92. The number of carbonyl (C=O) groups is 1. The van der Waals surface area contributed by atoms with Gasteiger partial charge in [0.25, 0.3) is 0 Å². The van der Waals surface area contributed by atoms with Gasteiger partial charge in [0.2, 0.25) is 27.6 Å². The number of aromatic nitrogens is 2. The average molecular weight is 436 g/mol. The Bertz CT molecular complexity index is 1150. The molecule has 0 fully saturated rings. The van der Waals surface area contributed by atoms with E-state index in [0.717, 1.165) is 24.0 Å². The van der Waals surface area contributed by atoms with Crippen LogP contribution in [0.25, 0.3) is 11.4 Å². The molecule has 3 aromatic rings. The van der Waals surface area contributed by atoms with Gasteiger partial charge in [0.1, 0.15) is 6.54 Å². The van der Waals surface area contributed by atoms with Gasteiger partial charge >= 0.3 is 0 Å². The van der Waals surface area contributed by atoms with Crippen molar-refractivity contribution in [1.82, 2.24) is 15.0 Å². The smallest absolute Gasteiger partial charge is 0.246 e. The highest BCUT2D eigenvalue weighted by atomic mass is 32.2. The van der Waals surface area contributed by atoms with E-state index in [1.165, 1.54) is 11.9 Å². The Hall–Kier alpha value is -3.34. The van der Waals surface area contributed by atoms with E-state index in [9.17, 15) is 22.0 Å². The molecule has 11 heteroatoms. The number of rotatable bonds is 7. The summed E-state index contributed by atoms with van der Waals surface area (Å²) in [7, 11) is -2.50. The third-order valence-electron chi connectivity index (χ3n) is 4.17. The van der Waals surface area contributed by atoms with E-state index < -0.39 is 34.1 Å². The standard InChI is InChI=1S/C19H18F2N4O4S/c1-24(11-17-22-19(23-29-17)13-6-4-3-5-7-13)18(26)12-25(30(2,27)28)14-8-9-15(20)16(21)10-14/h3-10H,11-12H2,1-2H3. The summed E-state index contributed by atoms with van der Waals surface area (Å²) in [6, 6.07) is 11.7. The fourth-order valence-corrected chi connectivity index (χ4v) is 3.44. The first-order chi connectivity index (χ1) is 14.1. The molecule has 0 spiro atoms. The van der Waals surface area contributed by atoms with Gasteiger partial charge in [-0.3, -0.25) is 9.10 Å². The molecule has 0 atom stereocenters. The van der Waals surface area contributed by atoms with Crippen LogP contribution in [-0.4, -0.2) is 49.2 Å². The maximum Gasteiger partial charge on any atom is 0.246 e. The number of sulfonamides is 1. The SMILES string of the molecule is CN(Cc1nc(-c2ccccc2)no1)C(=O)CN(c1ccc(F)c(F)c1)S(C)(=O)=O. The molecule has 0 aliphatic heterocycles. The summed E-state index contributed by atoms with van der Waals surface area (Å²) < 4.78 is 56.8. The highest BCUT2D eigenvalue weighted by Gasteiger charge is 2.24. The summed E-state index contributed by atoms with van der Waals surface area (Å²) in [6.45, 7) is -0.672. The second-order valence-electron chi connectivity index (χ2n) is 6.50. The molecule has 8 nitrogen and oxygen atoms in total. The minimum atomic E-state index is -3.94. The third kappa shape index (κ3) is 4.98. The molecule has 3 rings (SSSR count). The quantitative estimate of drug-likeness (QED) is 0.565. The molecule has 30 heavy (non-hydrogen) atoms. The fraction of sp³-hybridized carbons (Fsp3) is 0.211. The van der Waals surface area contributed by atoms with Gasteiger partial charge < -0.3 is 9.42 Å². The molecule has 0 unspecified atom stereocenters. The summed E-state index contributed by atoms with van der Waals surface area (Å²) in [4.78, 5) is 18.0. The maximum absolute atomic E-state index is 13.5. The minimum Gasteiger partial charge on any atom is -0.337 e. The second-order valence-corrected chi connectivity index (χ2v) is 8.40. The van der Waals surface area contributed by atoms with E-state index in [0.29, 0.717) is 16.2 Å². The van der Waals surface area contributed by atoms with Crippen LogP contribution >= 0.6 is 0 Å². The topological polar surface area (TPSA) is 96.6 Å². The number of benzene rings is 2. The van der Waals surface area contributed by atoms with Crippen molar-refractivity contribution in [2.24, 2.45) is 0 Å². The molecule has 0 aliphatic carbocycles. The molecule has 158 valence electrons. The number of amides is 1. The van der Waals surface area contributed by atoms with Crippen molar-refractivity contribution in [2.45, 2.75) is 6.54 Å². The number of carbonyl (C=O) groups excluding carboxylic acids is 1. The van der Waals surface area contributed by atoms with E-state index in [-0.39, 0.29) is 18.1 Å². The van der Waals surface area contributed by atoms with Crippen molar-refractivity contribution in [3.05, 3.63) is 66.1 Å². The molecule has 0 N–H and O–H groups in total. The van der Waals surface area contributed by atoms with Crippen molar-refractivity contribution in [3.63, 3.8) is 0 Å². The van der Waals surface area contributed by atoms with Crippen molar-refractivity contribution in [3.8, 4) is 11.4 Å². The monoisotopic (exact) mass is 436 g/mol. The van der Waals surface area contributed by atoms with Crippen molar-refractivity contribution in [2.75, 3.05) is 24.2 Å². The number of hydrogen-bond donors (Lipinski definition) is 0. The molecule has 0 bridgehead atoms. The van der Waals surface area contributed by atoms with Gasteiger partial charge in [-0.1, -0.05) is 35.5 Å². The molecule has 2 aromatic carbocycles. The first-order valence-corrected chi connectivity index (χ1v) is 10.5. The van der Waals surface area contributed by atoms with Crippen LogP contribution in [0.5, 0.6) is 0 Å². The highest BCUT2D eigenvalue weighted by Crippen LogP contribution is 2.21. The predicted octanol–water partition coefficient (Wildman–Crippen LogP) is 2.44. The molecule has 0 aliphatic rings. The van der Waals surface area contributed by atoms with Crippen LogP contribution < -0.4 is 4.31 Å². The Labute approximate surface area is 171 Å². The van der Waals surface area contributed by atoms with E-state index in [1.807, 2.05) is 18.2 Å². The van der Waals surface area contributed by atoms with Gasteiger partial charge in [0.15, 0.2) is 11.6 Å². The number of anilines is 1. The van der Waals surface area contributed by atoms with E-state index in [2.05, 4.69) is 10.1 Å². The van der Waals surface area contributed by atoms with Crippen LogP contribution in [0.3, 0.4) is 0 Å². The van der Waals surface area contributed by atoms with Crippen LogP contribution in [0.4, 0.5) is 14.5 Å². The Morgan fingerprint density at radius 3 is 2.43 bits per heavy atom. The summed E-state index contributed by atoms with van der Waals surface area (Å²) in [5.41, 5.74) is 0.574. The van der Waals surface area contributed by atoms with Crippen LogP contribution in [0.15, 0.2) is 53.1 Å². The first-order valence-electron chi connectivity index (χ1n) is 8.70. The number of hydrogen-bond acceptors (Lipinski definition) is 6. The van der Waals surface area contributed by atoms with Gasteiger partial charge in [0.05, 0.1) is 18.5 Å². The van der Waals surface area contributed by atoms with Crippen LogP contribution in [0, 0.1) is 11.6 Å². The van der Waals surface area contributed by atoms with Crippen LogP contribution in [0.1, 0.15) is 5.89 Å². The Morgan fingerprint density at radius 1 is 1.10 bits per heavy atom. The van der Waals surface area contributed by atoms with Crippen molar-refractivity contribution < 1.29 is 26.5 Å². The van der Waals surface area contributed by atoms with Crippen molar-refractivity contribution >= 4 is 21.6 Å². The van der Waals surface area contributed by atoms with Gasteiger partial charge in [-0.05, 0) is 12.1 Å². The molecule has 0 saturated heterocycles. The zero-order valence-electron chi connectivity index (χ0n) is 16.1. The third-order valence-corrected chi connectivity index (χ3v) is 5.31. The lowest BCUT2D eigenvalue weighted by Gasteiger charge is -2.24. The lowest BCUT2D eigenvalue weighted by Crippen LogP contribution is -2.41. The zero-order chi connectivity index (χ0) is 21.9. The minimum absolute atomic E-state index is 0.0615. The molecule has 1 aromatic heterocycles. The van der Waals surface area contributed by atoms with Crippen molar-refractivity contribution in [1.29, 1.82) is 0 Å². The van der Waals surface area contributed by atoms with Gasteiger partial charge in [-0.25, -0.2) is 17.2 Å². The predicted molar refractivity (Wildman–Crippen MR) is 105 cm³/mol. The molecule has 0 radical (unpaired) electrons. The zero-order valence-corrected chi connectivity index (χ0v) is 16.9. The van der Waals surface area contributed by atoms with Crippen LogP contribution in [-0.2, 0) is 21.4 Å². The number of halogens is 2. The summed E-state index contributed by atoms with van der Waals surface area (Å²) in [5, 5.41) is 3.86. The molecule has 1 amide bonds. The van der Waals surface area contributed by atoms with Gasteiger partial charge in [0, 0.05) is 18.7 Å².